The molecule has 5 fully saturated rings. The molecule has 5 aliphatic rings. The lowest BCUT2D eigenvalue weighted by atomic mass is 9.48. The monoisotopic (exact) mass is 248 g/mol. The lowest BCUT2D eigenvalue weighted by molar-refractivity contribution is -0.143. The number of hydrogen-bond acceptors (Lipinski definition) is 2. The fourth-order valence-corrected chi connectivity index (χ4v) is 6.17. The molecule has 0 heterocycles. The molecule has 0 aliphatic heterocycles. The fraction of sp³-hybridized carbons (Fsp3) is 1.00. The summed E-state index contributed by atoms with van der Waals surface area (Å²) in [6.07, 6.45) is 11.8. The van der Waals surface area contributed by atoms with Crippen molar-refractivity contribution in [2.45, 2.75) is 62.9 Å². The summed E-state index contributed by atoms with van der Waals surface area (Å²) in [5, 5.41) is 0. The van der Waals surface area contributed by atoms with Crippen LogP contribution in [0.25, 0.3) is 0 Å². The van der Waals surface area contributed by atoms with E-state index in [-0.39, 0.29) is 0 Å². The van der Waals surface area contributed by atoms with Crippen molar-refractivity contribution in [2.75, 3.05) is 13.6 Å². The van der Waals surface area contributed by atoms with Crippen LogP contribution in [0.4, 0.5) is 0 Å². The van der Waals surface area contributed by atoms with Crippen LogP contribution >= 0.6 is 0 Å². The molecule has 0 aromatic rings. The van der Waals surface area contributed by atoms with Gasteiger partial charge in [0, 0.05) is 18.1 Å². The fourth-order valence-electron chi connectivity index (χ4n) is 6.17. The molecule has 0 aromatic heterocycles. The third kappa shape index (κ3) is 1.37. The van der Waals surface area contributed by atoms with Crippen molar-refractivity contribution in [2.24, 2.45) is 29.4 Å². The van der Waals surface area contributed by atoms with Gasteiger partial charge in [-0.3, -0.25) is 4.90 Å². The number of likely N-dealkylation sites (N-methyl/N-ethyl adjacent to an activating group) is 1. The number of hydrogen-bond donors (Lipinski definition) is 1. The normalized spacial score (nSPS) is 50.8. The molecule has 0 radical (unpaired) electrons. The van der Waals surface area contributed by atoms with Gasteiger partial charge in [-0.2, -0.15) is 0 Å². The molecule has 18 heavy (non-hydrogen) atoms. The maximum absolute atomic E-state index is 6.36. The Labute approximate surface area is 111 Å². The van der Waals surface area contributed by atoms with Gasteiger partial charge in [-0.15, -0.1) is 0 Å². The molecule has 0 unspecified atom stereocenters. The Morgan fingerprint density at radius 3 is 1.94 bits per heavy atom. The summed E-state index contributed by atoms with van der Waals surface area (Å²) in [4.78, 5) is 2.77. The largest absolute Gasteiger partial charge is 0.329 e. The standard InChI is InChI=1S/C16H28N2/c1-18(15-3-2-4-15)16(10-17)13-6-11-5-12(8-13)9-14(16)7-11/h11-15H,2-10,17H2,1H3. The van der Waals surface area contributed by atoms with E-state index in [1.165, 1.54) is 44.9 Å². The van der Waals surface area contributed by atoms with Crippen molar-refractivity contribution in [3.05, 3.63) is 0 Å². The van der Waals surface area contributed by atoms with E-state index in [9.17, 15) is 0 Å². The van der Waals surface area contributed by atoms with Crippen LogP contribution in [-0.4, -0.2) is 30.1 Å². The molecular formula is C16H28N2. The van der Waals surface area contributed by atoms with Gasteiger partial charge in [-0.25, -0.2) is 0 Å². The molecule has 0 spiro atoms. The Kier molecular flexibility index (Phi) is 2.58. The SMILES string of the molecule is CN(C1CCC1)C1(CN)C2CC3CC(C2)CC1C3. The first kappa shape index (κ1) is 11.7. The molecule has 5 aliphatic carbocycles. The Balaban J connectivity index is 1.66. The van der Waals surface area contributed by atoms with Crippen molar-refractivity contribution in [1.82, 2.24) is 4.90 Å². The minimum atomic E-state index is 0.387. The summed E-state index contributed by atoms with van der Waals surface area (Å²) in [7, 11) is 2.40. The minimum Gasteiger partial charge on any atom is -0.329 e. The predicted octanol–water partition coefficient (Wildman–Crippen LogP) is 2.62. The highest BCUT2D eigenvalue weighted by atomic mass is 15.2. The second kappa shape index (κ2) is 3.96. The van der Waals surface area contributed by atoms with Gasteiger partial charge in [0.2, 0.25) is 0 Å². The highest BCUT2D eigenvalue weighted by Crippen LogP contribution is 2.60. The van der Waals surface area contributed by atoms with Crippen molar-refractivity contribution < 1.29 is 0 Å². The maximum atomic E-state index is 6.36. The highest BCUT2D eigenvalue weighted by Gasteiger charge is 2.59. The van der Waals surface area contributed by atoms with Crippen molar-refractivity contribution in [1.29, 1.82) is 0 Å². The van der Waals surface area contributed by atoms with E-state index >= 15 is 0 Å². The zero-order valence-electron chi connectivity index (χ0n) is 11.8. The topological polar surface area (TPSA) is 29.3 Å². The smallest absolute Gasteiger partial charge is 0.0388 e. The Morgan fingerprint density at radius 1 is 1.00 bits per heavy atom. The number of nitrogens with two attached hydrogens (primary N) is 1. The molecule has 2 heteroatoms. The van der Waals surface area contributed by atoms with E-state index in [1.54, 1.807) is 6.42 Å². The van der Waals surface area contributed by atoms with Crippen molar-refractivity contribution in [3.63, 3.8) is 0 Å². The third-order valence-electron chi connectivity index (χ3n) is 7.16. The highest BCUT2D eigenvalue weighted by molar-refractivity contribution is 5.13. The molecule has 2 nitrogen and oxygen atoms in total. The zero-order valence-corrected chi connectivity index (χ0v) is 11.8. The lowest BCUT2D eigenvalue weighted by Crippen LogP contribution is -2.70. The van der Waals surface area contributed by atoms with E-state index in [0.717, 1.165) is 36.3 Å². The molecule has 2 N–H and O–H groups in total. The van der Waals surface area contributed by atoms with Crippen LogP contribution in [0.1, 0.15) is 51.4 Å². The second-order valence-electron chi connectivity index (χ2n) is 7.70. The van der Waals surface area contributed by atoms with Gasteiger partial charge in [-0.05, 0) is 75.7 Å². The lowest BCUT2D eigenvalue weighted by Gasteiger charge is -2.65. The molecule has 4 bridgehead atoms. The second-order valence-corrected chi connectivity index (χ2v) is 7.70. The summed E-state index contributed by atoms with van der Waals surface area (Å²) >= 11 is 0. The summed E-state index contributed by atoms with van der Waals surface area (Å²) in [5.74, 6) is 3.96. The Hall–Kier alpha value is -0.0800. The molecule has 5 rings (SSSR count). The quantitative estimate of drug-likeness (QED) is 0.832. The van der Waals surface area contributed by atoms with Gasteiger partial charge in [-0.1, -0.05) is 6.42 Å². The first-order chi connectivity index (χ1) is 8.74. The Bertz CT molecular complexity index is 300. The van der Waals surface area contributed by atoms with E-state index in [1.807, 2.05) is 0 Å². The van der Waals surface area contributed by atoms with E-state index in [2.05, 4.69) is 11.9 Å². The van der Waals surface area contributed by atoms with Gasteiger partial charge >= 0.3 is 0 Å². The van der Waals surface area contributed by atoms with Crippen LogP contribution in [0, 0.1) is 23.7 Å². The van der Waals surface area contributed by atoms with Gasteiger partial charge in [0.05, 0.1) is 0 Å². The minimum absolute atomic E-state index is 0.387. The zero-order chi connectivity index (χ0) is 12.3. The van der Waals surface area contributed by atoms with Crippen LogP contribution < -0.4 is 5.73 Å². The summed E-state index contributed by atoms with van der Waals surface area (Å²) in [6, 6.07) is 0.853. The first-order valence-electron chi connectivity index (χ1n) is 8.17. The maximum Gasteiger partial charge on any atom is 0.0388 e. The third-order valence-corrected chi connectivity index (χ3v) is 7.16. The molecular weight excluding hydrogens is 220 g/mol. The predicted molar refractivity (Wildman–Crippen MR) is 74.2 cm³/mol. The van der Waals surface area contributed by atoms with Crippen LogP contribution in [0.15, 0.2) is 0 Å². The molecule has 102 valence electrons. The van der Waals surface area contributed by atoms with Crippen LogP contribution in [-0.2, 0) is 0 Å². The van der Waals surface area contributed by atoms with E-state index in [0.29, 0.717) is 5.54 Å². The van der Waals surface area contributed by atoms with Gasteiger partial charge in [0.1, 0.15) is 0 Å². The van der Waals surface area contributed by atoms with Crippen LogP contribution in [0.5, 0.6) is 0 Å². The average molecular weight is 248 g/mol. The van der Waals surface area contributed by atoms with E-state index in [4.69, 9.17) is 5.73 Å². The first-order valence-corrected chi connectivity index (χ1v) is 8.17. The van der Waals surface area contributed by atoms with Crippen molar-refractivity contribution in [3.8, 4) is 0 Å². The average Bonchev–Trinajstić information content (AvgIpc) is 2.26. The van der Waals surface area contributed by atoms with Crippen molar-refractivity contribution >= 4 is 0 Å². The molecule has 0 amide bonds. The van der Waals surface area contributed by atoms with Gasteiger partial charge in [0.15, 0.2) is 0 Å². The number of nitrogens with zero attached hydrogens (tertiary/aromatic N) is 1. The van der Waals surface area contributed by atoms with Crippen LogP contribution in [0.2, 0.25) is 0 Å². The summed E-state index contributed by atoms with van der Waals surface area (Å²) < 4.78 is 0. The van der Waals surface area contributed by atoms with E-state index < -0.39 is 0 Å². The van der Waals surface area contributed by atoms with Gasteiger partial charge in [0.25, 0.3) is 0 Å². The molecule has 0 aromatic carbocycles. The number of rotatable bonds is 3. The Morgan fingerprint density at radius 2 is 1.56 bits per heavy atom. The molecule has 5 saturated carbocycles. The summed E-state index contributed by atoms with van der Waals surface area (Å²) in [5.41, 5.74) is 6.75. The van der Waals surface area contributed by atoms with Crippen LogP contribution in [0.3, 0.4) is 0 Å². The summed E-state index contributed by atoms with van der Waals surface area (Å²) in [6.45, 7) is 0.911. The molecule has 0 saturated heterocycles. The molecule has 0 atom stereocenters. The van der Waals surface area contributed by atoms with Gasteiger partial charge < -0.3 is 5.73 Å².